The number of likely N-dealkylation sites (N-methyl/N-ethyl adjacent to an activating group) is 1. The summed E-state index contributed by atoms with van der Waals surface area (Å²) in [5.41, 5.74) is 2.69. The SMILES string of the molecule is COc1cccc([C@@H]2NC(=O)N(C)C3=C2C(=O)N(Cc2ccccn2)C3)c1OC. The number of benzene rings is 1. The van der Waals surface area contributed by atoms with Crippen LogP contribution in [0.5, 0.6) is 11.5 Å². The number of pyridine rings is 1. The summed E-state index contributed by atoms with van der Waals surface area (Å²) in [4.78, 5) is 33.4. The molecule has 8 heteroatoms. The molecule has 0 aliphatic carbocycles. The predicted molar refractivity (Wildman–Crippen MR) is 105 cm³/mol. The summed E-state index contributed by atoms with van der Waals surface area (Å²) in [5.74, 6) is 0.899. The van der Waals surface area contributed by atoms with Gasteiger partial charge in [-0.15, -0.1) is 0 Å². The molecule has 0 bridgehead atoms. The molecule has 1 atom stereocenters. The summed E-state index contributed by atoms with van der Waals surface area (Å²) in [6.07, 6.45) is 1.70. The van der Waals surface area contributed by atoms with Crippen molar-refractivity contribution in [1.82, 2.24) is 20.1 Å². The van der Waals surface area contributed by atoms with Crippen LogP contribution in [0.1, 0.15) is 17.3 Å². The van der Waals surface area contributed by atoms with Crippen LogP contribution in [0.25, 0.3) is 0 Å². The molecule has 8 nitrogen and oxygen atoms in total. The van der Waals surface area contributed by atoms with Crippen molar-refractivity contribution >= 4 is 11.9 Å². The number of para-hydroxylation sites is 1. The standard InChI is InChI=1S/C21H22N4O4/c1-24-15-12-25(11-13-7-4-5-10-22-13)20(26)17(15)18(23-21(24)27)14-8-6-9-16(28-2)19(14)29-3/h4-10,18H,11-12H2,1-3H3,(H,23,27)/t18-/m0/s1. The fourth-order valence-corrected chi connectivity index (χ4v) is 3.81. The molecule has 29 heavy (non-hydrogen) atoms. The van der Waals surface area contributed by atoms with Gasteiger partial charge >= 0.3 is 6.03 Å². The lowest BCUT2D eigenvalue weighted by molar-refractivity contribution is -0.126. The van der Waals surface area contributed by atoms with Gasteiger partial charge in [-0.05, 0) is 18.2 Å². The number of nitrogens with zero attached hydrogens (tertiary/aromatic N) is 3. The Bertz CT molecular complexity index is 989. The lowest BCUT2D eigenvalue weighted by Gasteiger charge is -2.31. The summed E-state index contributed by atoms with van der Waals surface area (Å²) >= 11 is 0. The van der Waals surface area contributed by atoms with Gasteiger partial charge in [0, 0.05) is 18.8 Å². The van der Waals surface area contributed by atoms with Gasteiger partial charge < -0.3 is 19.7 Å². The van der Waals surface area contributed by atoms with Crippen molar-refractivity contribution in [3.05, 3.63) is 65.1 Å². The number of rotatable bonds is 5. The number of amides is 3. The van der Waals surface area contributed by atoms with Crippen LogP contribution in [0.3, 0.4) is 0 Å². The van der Waals surface area contributed by atoms with Crippen LogP contribution >= 0.6 is 0 Å². The van der Waals surface area contributed by atoms with Gasteiger partial charge in [-0.25, -0.2) is 4.79 Å². The number of nitrogens with one attached hydrogen (secondary N) is 1. The second-order valence-electron chi connectivity index (χ2n) is 6.87. The number of urea groups is 1. The fraction of sp³-hybridized carbons (Fsp3) is 0.286. The largest absolute Gasteiger partial charge is 0.493 e. The minimum atomic E-state index is -0.625. The van der Waals surface area contributed by atoms with Crippen molar-refractivity contribution in [3.63, 3.8) is 0 Å². The first-order valence-corrected chi connectivity index (χ1v) is 9.22. The first-order valence-electron chi connectivity index (χ1n) is 9.22. The van der Waals surface area contributed by atoms with Crippen molar-refractivity contribution < 1.29 is 19.1 Å². The Balaban J connectivity index is 1.74. The molecule has 0 unspecified atom stereocenters. The van der Waals surface area contributed by atoms with Crippen LogP contribution in [-0.2, 0) is 11.3 Å². The lowest BCUT2D eigenvalue weighted by Crippen LogP contribution is -2.45. The van der Waals surface area contributed by atoms with Gasteiger partial charge in [-0.3, -0.25) is 14.7 Å². The molecule has 2 aromatic rings. The highest BCUT2D eigenvalue weighted by Crippen LogP contribution is 2.42. The molecule has 1 N–H and O–H groups in total. The van der Waals surface area contributed by atoms with Crippen LogP contribution < -0.4 is 14.8 Å². The first-order chi connectivity index (χ1) is 14.0. The van der Waals surface area contributed by atoms with E-state index in [1.165, 1.54) is 12.0 Å². The maximum Gasteiger partial charge on any atom is 0.322 e. The molecule has 0 saturated carbocycles. The fourth-order valence-electron chi connectivity index (χ4n) is 3.81. The summed E-state index contributed by atoms with van der Waals surface area (Å²) in [7, 11) is 4.76. The van der Waals surface area contributed by atoms with Crippen molar-refractivity contribution in [2.24, 2.45) is 0 Å². The highest BCUT2D eigenvalue weighted by atomic mass is 16.5. The Kier molecular flexibility index (Phi) is 4.84. The zero-order chi connectivity index (χ0) is 20.5. The van der Waals surface area contributed by atoms with E-state index in [2.05, 4.69) is 10.3 Å². The van der Waals surface area contributed by atoms with Gasteiger partial charge in [0.1, 0.15) is 0 Å². The number of aromatic nitrogens is 1. The molecule has 0 radical (unpaired) electrons. The van der Waals surface area contributed by atoms with Crippen LogP contribution in [0, 0.1) is 0 Å². The van der Waals surface area contributed by atoms with Crippen molar-refractivity contribution in [1.29, 1.82) is 0 Å². The Morgan fingerprint density at radius 2 is 1.97 bits per heavy atom. The van der Waals surface area contributed by atoms with E-state index >= 15 is 0 Å². The number of hydrogen-bond acceptors (Lipinski definition) is 5. The third kappa shape index (κ3) is 3.16. The maximum atomic E-state index is 13.3. The molecule has 3 amide bonds. The van der Waals surface area contributed by atoms with E-state index in [0.717, 1.165) is 5.69 Å². The van der Waals surface area contributed by atoms with E-state index in [1.807, 2.05) is 30.3 Å². The highest BCUT2D eigenvalue weighted by Gasteiger charge is 2.44. The average Bonchev–Trinajstić information content (AvgIpc) is 3.07. The van der Waals surface area contributed by atoms with E-state index in [0.29, 0.717) is 41.4 Å². The minimum absolute atomic E-state index is 0.132. The summed E-state index contributed by atoms with van der Waals surface area (Å²) in [6, 6.07) is 10.1. The molecule has 2 aliphatic heterocycles. The third-order valence-corrected chi connectivity index (χ3v) is 5.26. The molecule has 3 heterocycles. The van der Waals surface area contributed by atoms with Crippen LogP contribution in [0.4, 0.5) is 4.79 Å². The van der Waals surface area contributed by atoms with Crippen LogP contribution in [0.15, 0.2) is 53.9 Å². The number of hydrogen-bond donors (Lipinski definition) is 1. The molecule has 0 fully saturated rings. The maximum absolute atomic E-state index is 13.3. The van der Waals surface area contributed by atoms with Crippen molar-refractivity contribution in [2.75, 3.05) is 27.8 Å². The zero-order valence-electron chi connectivity index (χ0n) is 16.5. The Hall–Kier alpha value is -3.55. The number of carbonyl (C=O) groups is 2. The Labute approximate surface area is 168 Å². The molecular weight excluding hydrogens is 372 g/mol. The van der Waals surface area contributed by atoms with E-state index in [1.54, 1.807) is 31.3 Å². The smallest absolute Gasteiger partial charge is 0.322 e. The number of ether oxygens (including phenoxy) is 2. The Morgan fingerprint density at radius 1 is 1.14 bits per heavy atom. The van der Waals surface area contributed by atoms with Gasteiger partial charge in [0.25, 0.3) is 5.91 Å². The van der Waals surface area contributed by atoms with Gasteiger partial charge in [-0.1, -0.05) is 18.2 Å². The molecule has 2 aliphatic rings. The van der Waals surface area contributed by atoms with Crippen molar-refractivity contribution in [2.45, 2.75) is 12.6 Å². The second-order valence-corrected chi connectivity index (χ2v) is 6.87. The third-order valence-electron chi connectivity index (χ3n) is 5.26. The number of methoxy groups -OCH3 is 2. The quantitative estimate of drug-likeness (QED) is 0.840. The van der Waals surface area contributed by atoms with Crippen LogP contribution in [-0.4, -0.2) is 54.5 Å². The van der Waals surface area contributed by atoms with Gasteiger partial charge in [0.15, 0.2) is 11.5 Å². The molecule has 0 spiro atoms. The summed E-state index contributed by atoms with van der Waals surface area (Å²) in [5, 5.41) is 2.93. The summed E-state index contributed by atoms with van der Waals surface area (Å²) < 4.78 is 10.9. The van der Waals surface area contributed by atoms with Gasteiger partial charge in [0.2, 0.25) is 0 Å². The van der Waals surface area contributed by atoms with Crippen LogP contribution in [0.2, 0.25) is 0 Å². The topological polar surface area (TPSA) is 84.0 Å². The lowest BCUT2D eigenvalue weighted by atomic mass is 9.94. The van der Waals surface area contributed by atoms with E-state index in [-0.39, 0.29) is 11.9 Å². The molecule has 1 aromatic heterocycles. The van der Waals surface area contributed by atoms with E-state index in [4.69, 9.17) is 9.47 Å². The molecule has 150 valence electrons. The Morgan fingerprint density at radius 3 is 2.66 bits per heavy atom. The van der Waals surface area contributed by atoms with Crippen molar-refractivity contribution in [3.8, 4) is 11.5 Å². The van der Waals surface area contributed by atoms with E-state index < -0.39 is 6.04 Å². The average molecular weight is 394 g/mol. The molecular formula is C21H22N4O4. The minimum Gasteiger partial charge on any atom is -0.493 e. The normalized spacial score (nSPS) is 18.7. The first kappa shape index (κ1) is 18.8. The zero-order valence-corrected chi connectivity index (χ0v) is 16.5. The molecule has 0 saturated heterocycles. The highest BCUT2D eigenvalue weighted by molar-refractivity contribution is 6.01. The predicted octanol–water partition coefficient (Wildman–Crippen LogP) is 2.09. The molecule has 4 rings (SSSR count). The van der Waals surface area contributed by atoms with Gasteiger partial charge in [0.05, 0.1) is 50.3 Å². The van der Waals surface area contributed by atoms with E-state index in [9.17, 15) is 9.59 Å². The monoisotopic (exact) mass is 394 g/mol. The van der Waals surface area contributed by atoms with Gasteiger partial charge in [-0.2, -0.15) is 0 Å². The molecule has 1 aromatic carbocycles. The second kappa shape index (κ2) is 7.46. The number of carbonyl (C=O) groups excluding carboxylic acids is 2. The summed E-state index contributed by atoms with van der Waals surface area (Å²) in [6.45, 7) is 0.716.